The van der Waals surface area contributed by atoms with Gasteiger partial charge in [-0.15, -0.1) is 0 Å². The van der Waals surface area contributed by atoms with Crippen LogP contribution in [0.4, 0.5) is 0 Å². The van der Waals surface area contributed by atoms with Crippen LogP contribution < -0.4 is 5.56 Å². The van der Waals surface area contributed by atoms with Crippen molar-refractivity contribution in [3.05, 3.63) is 21.9 Å². The molecule has 0 saturated heterocycles. The van der Waals surface area contributed by atoms with Crippen molar-refractivity contribution in [2.75, 3.05) is 0 Å². The third-order valence-electron chi connectivity index (χ3n) is 3.38. The molecule has 0 fully saturated rings. The second-order valence-corrected chi connectivity index (χ2v) is 5.73. The van der Waals surface area contributed by atoms with Crippen LogP contribution in [-0.2, 0) is 12.8 Å². The Morgan fingerprint density at radius 2 is 1.89 bits per heavy atom. The average molecular weight is 262 g/mol. The van der Waals surface area contributed by atoms with E-state index in [-0.39, 0.29) is 5.56 Å². The summed E-state index contributed by atoms with van der Waals surface area (Å²) in [6.07, 6.45) is 2.73. The molecular weight excluding hydrogens is 240 g/mol. The number of aromatic nitrogens is 4. The zero-order valence-corrected chi connectivity index (χ0v) is 12.1. The summed E-state index contributed by atoms with van der Waals surface area (Å²) in [6, 6.07) is 0. The fourth-order valence-electron chi connectivity index (χ4n) is 2.13. The van der Waals surface area contributed by atoms with Gasteiger partial charge in [0.1, 0.15) is 11.3 Å². The average Bonchev–Trinajstić information content (AvgIpc) is 2.72. The molecule has 0 aliphatic carbocycles. The molecule has 0 bridgehead atoms. The van der Waals surface area contributed by atoms with Gasteiger partial charge in [-0.25, -0.2) is 4.98 Å². The molecule has 0 unspecified atom stereocenters. The predicted molar refractivity (Wildman–Crippen MR) is 76.2 cm³/mol. The van der Waals surface area contributed by atoms with E-state index in [0.717, 1.165) is 36.3 Å². The normalized spacial score (nSPS) is 13.3. The Morgan fingerprint density at radius 3 is 2.53 bits per heavy atom. The van der Waals surface area contributed by atoms with Crippen LogP contribution in [0, 0.1) is 11.8 Å². The van der Waals surface area contributed by atoms with Gasteiger partial charge in [0.25, 0.3) is 5.56 Å². The molecule has 5 nitrogen and oxygen atoms in total. The molecule has 2 N–H and O–H groups in total. The smallest absolute Gasteiger partial charge is 0.279 e. The molecular formula is C14H22N4O. The summed E-state index contributed by atoms with van der Waals surface area (Å²) in [5, 5.41) is 7.03. The summed E-state index contributed by atoms with van der Waals surface area (Å²) in [7, 11) is 0. The van der Waals surface area contributed by atoms with E-state index in [0.29, 0.717) is 17.4 Å². The van der Waals surface area contributed by atoms with E-state index >= 15 is 0 Å². The SMILES string of the molecule is CC[C@@H](C)Cc1nc2c(CC(C)C)[nH]nc2c(=O)[nH]1. The first kappa shape index (κ1) is 13.8. The van der Waals surface area contributed by atoms with Crippen LogP contribution in [0.1, 0.15) is 45.6 Å². The van der Waals surface area contributed by atoms with Crippen LogP contribution in [-0.4, -0.2) is 20.2 Å². The second kappa shape index (κ2) is 5.55. The molecule has 2 aromatic rings. The highest BCUT2D eigenvalue weighted by atomic mass is 16.1. The predicted octanol–water partition coefficient (Wildman–Crippen LogP) is 2.43. The van der Waals surface area contributed by atoms with E-state index in [1.165, 1.54) is 0 Å². The van der Waals surface area contributed by atoms with Crippen molar-refractivity contribution in [1.29, 1.82) is 0 Å². The van der Waals surface area contributed by atoms with Gasteiger partial charge in [-0.1, -0.05) is 34.1 Å². The van der Waals surface area contributed by atoms with Crippen molar-refractivity contribution in [2.45, 2.75) is 47.0 Å². The van der Waals surface area contributed by atoms with Crippen molar-refractivity contribution in [3.8, 4) is 0 Å². The molecule has 0 saturated carbocycles. The van der Waals surface area contributed by atoms with E-state index in [9.17, 15) is 4.79 Å². The van der Waals surface area contributed by atoms with Crippen LogP contribution in [0.5, 0.6) is 0 Å². The molecule has 0 spiro atoms. The number of rotatable bonds is 5. The minimum absolute atomic E-state index is 0.144. The first-order valence-corrected chi connectivity index (χ1v) is 6.97. The van der Waals surface area contributed by atoms with Gasteiger partial charge in [-0.2, -0.15) is 5.10 Å². The highest BCUT2D eigenvalue weighted by molar-refractivity contribution is 5.75. The summed E-state index contributed by atoms with van der Waals surface area (Å²) < 4.78 is 0. The van der Waals surface area contributed by atoms with Gasteiger partial charge in [0.2, 0.25) is 0 Å². The van der Waals surface area contributed by atoms with Gasteiger partial charge in [0.15, 0.2) is 5.52 Å². The van der Waals surface area contributed by atoms with Crippen LogP contribution >= 0.6 is 0 Å². The molecule has 0 aliphatic heterocycles. The maximum Gasteiger partial charge on any atom is 0.279 e. The minimum Gasteiger partial charge on any atom is -0.309 e. The van der Waals surface area contributed by atoms with Crippen molar-refractivity contribution in [1.82, 2.24) is 20.2 Å². The summed E-state index contributed by atoms with van der Waals surface area (Å²) in [5.74, 6) is 1.78. The Morgan fingerprint density at radius 1 is 1.16 bits per heavy atom. The van der Waals surface area contributed by atoms with Gasteiger partial charge in [0, 0.05) is 6.42 Å². The van der Waals surface area contributed by atoms with Crippen molar-refractivity contribution in [3.63, 3.8) is 0 Å². The summed E-state index contributed by atoms with van der Waals surface area (Å²) >= 11 is 0. The monoisotopic (exact) mass is 262 g/mol. The Kier molecular flexibility index (Phi) is 4.02. The third-order valence-corrected chi connectivity index (χ3v) is 3.38. The number of nitrogens with one attached hydrogen (secondary N) is 2. The zero-order chi connectivity index (χ0) is 14.0. The molecule has 2 aromatic heterocycles. The maximum absolute atomic E-state index is 12.0. The fourth-order valence-corrected chi connectivity index (χ4v) is 2.13. The molecule has 19 heavy (non-hydrogen) atoms. The highest BCUT2D eigenvalue weighted by Gasteiger charge is 2.14. The largest absolute Gasteiger partial charge is 0.309 e. The topological polar surface area (TPSA) is 74.4 Å². The molecule has 0 amide bonds. The van der Waals surface area contributed by atoms with Gasteiger partial charge >= 0.3 is 0 Å². The third kappa shape index (κ3) is 3.03. The van der Waals surface area contributed by atoms with Crippen molar-refractivity contribution in [2.24, 2.45) is 11.8 Å². The molecule has 0 aromatic carbocycles. The van der Waals surface area contributed by atoms with E-state index in [2.05, 4.69) is 47.9 Å². The van der Waals surface area contributed by atoms with Gasteiger partial charge in [-0.05, 0) is 18.3 Å². The molecule has 1 atom stereocenters. The van der Waals surface area contributed by atoms with Gasteiger partial charge in [-0.3, -0.25) is 9.89 Å². The Balaban J connectivity index is 2.44. The van der Waals surface area contributed by atoms with Gasteiger partial charge in [0.05, 0.1) is 5.69 Å². The van der Waals surface area contributed by atoms with E-state index < -0.39 is 0 Å². The lowest BCUT2D eigenvalue weighted by Crippen LogP contribution is -2.14. The molecule has 0 aliphatic rings. The van der Waals surface area contributed by atoms with Crippen LogP contribution in [0.15, 0.2) is 4.79 Å². The number of hydrogen-bond donors (Lipinski definition) is 2. The fraction of sp³-hybridized carbons (Fsp3) is 0.643. The van der Waals surface area contributed by atoms with Crippen molar-refractivity contribution >= 4 is 11.0 Å². The van der Waals surface area contributed by atoms with E-state index in [1.54, 1.807) is 0 Å². The highest BCUT2D eigenvalue weighted by Crippen LogP contribution is 2.15. The molecule has 2 heterocycles. The minimum atomic E-state index is -0.144. The number of aromatic amines is 2. The number of H-pyrrole nitrogens is 2. The first-order valence-electron chi connectivity index (χ1n) is 6.97. The lowest BCUT2D eigenvalue weighted by molar-refractivity contribution is 0.543. The lowest BCUT2D eigenvalue weighted by atomic mass is 10.0. The van der Waals surface area contributed by atoms with Crippen LogP contribution in [0.2, 0.25) is 0 Å². The molecule has 5 heteroatoms. The molecule has 104 valence electrons. The first-order chi connectivity index (χ1) is 9.01. The van der Waals surface area contributed by atoms with E-state index in [4.69, 9.17) is 0 Å². The summed E-state index contributed by atoms with van der Waals surface area (Å²) in [6.45, 7) is 8.58. The number of hydrogen-bond acceptors (Lipinski definition) is 3. The second-order valence-electron chi connectivity index (χ2n) is 5.73. The van der Waals surface area contributed by atoms with Gasteiger partial charge < -0.3 is 4.98 Å². The van der Waals surface area contributed by atoms with Crippen LogP contribution in [0.25, 0.3) is 11.0 Å². The molecule has 2 rings (SSSR count). The quantitative estimate of drug-likeness (QED) is 0.869. The summed E-state index contributed by atoms with van der Waals surface area (Å²) in [5.41, 5.74) is 1.97. The Bertz CT molecular complexity index is 611. The number of nitrogens with zero attached hydrogens (tertiary/aromatic N) is 2. The Hall–Kier alpha value is -1.65. The Labute approximate surface area is 112 Å². The van der Waals surface area contributed by atoms with Crippen LogP contribution in [0.3, 0.4) is 0 Å². The maximum atomic E-state index is 12.0. The van der Waals surface area contributed by atoms with Crippen molar-refractivity contribution < 1.29 is 0 Å². The summed E-state index contributed by atoms with van der Waals surface area (Å²) in [4.78, 5) is 19.4. The molecule has 0 radical (unpaired) electrons. The standard InChI is InChI=1S/C14H22N4O/c1-5-9(4)7-11-15-12-10(6-8(2)3)17-18-13(12)14(19)16-11/h8-9H,5-7H2,1-4H3,(H,17,18)(H,15,16,19)/t9-/m1/s1. The number of fused-ring (bicyclic) bond motifs is 1. The van der Waals surface area contributed by atoms with E-state index in [1.807, 2.05) is 0 Å². The lowest BCUT2D eigenvalue weighted by Gasteiger charge is -2.07. The zero-order valence-electron chi connectivity index (χ0n) is 12.1.